The van der Waals surface area contributed by atoms with Crippen molar-refractivity contribution < 1.29 is 19.1 Å². The Balaban J connectivity index is 1.84. The molecule has 1 aliphatic rings. The molecule has 0 spiro atoms. The number of nitrogens with zero attached hydrogens (tertiary/aromatic N) is 1. The van der Waals surface area contributed by atoms with E-state index < -0.39 is 36.1 Å². The molecule has 0 radical (unpaired) electrons. The number of nitrogens with two attached hydrogens (primary N) is 1. The fourth-order valence-electron chi connectivity index (χ4n) is 5.05. The van der Waals surface area contributed by atoms with Crippen molar-refractivity contribution in [2.24, 2.45) is 5.73 Å². The van der Waals surface area contributed by atoms with Gasteiger partial charge in [-0.2, -0.15) is 0 Å². The van der Waals surface area contributed by atoms with Gasteiger partial charge in [0.25, 0.3) is 5.91 Å². The van der Waals surface area contributed by atoms with Crippen molar-refractivity contribution in [2.75, 3.05) is 6.54 Å². The summed E-state index contributed by atoms with van der Waals surface area (Å²) in [6, 6.07) is 20.9. The Morgan fingerprint density at radius 3 is 2.08 bits per heavy atom. The highest BCUT2D eigenvalue weighted by Gasteiger charge is 2.48. The minimum absolute atomic E-state index is 0.307. The predicted molar refractivity (Wildman–Crippen MR) is 156 cm³/mol. The second-order valence-corrected chi connectivity index (χ2v) is 10.9. The Morgan fingerprint density at radius 1 is 0.950 bits per heavy atom. The van der Waals surface area contributed by atoms with E-state index in [-0.39, 0.29) is 12.5 Å². The second kappa shape index (κ2) is 13.3. The molecule has 3 amide bonds. The fraction of sp³-hybridized carbons (Fsp3) is 0.323. The molecule has 1 heterocycles. The first-order valence-corrected chi connectivity index (χ1v) is 14.0. The highest BCUT2D eigenvalue weighted by Crippen LogP contribution is 2.44. The normalized spacial score (nSPS) is 19.8. The smallest absolute Gasteiger partial charge is 0.253 e. The van der Waals surface area contributed by atoms with Crippen LogP contribution in [0.25, 0.3) is 0 Å². The zero-order chi connectivity index (χ0) is 28.8. The minimum Gasteiger partial charge on any atom is -0.368 e. The largest absolute Gasteiger partial charge is 0.368 e. The number of primary amides is 1. The van der Waals surface area contributed by atoms with E-state index in [4.69, 9.17) is 33.7 Å². The lowest BCUT2D eigenvalue weighted by molar-refractivity contribution is -0.181. The molecule has 7 nitrogen and oxygen atoms in total. The molecule has 0 bridgehead atoms. The highest BCUT2D eigenvalue weighted by atomic mass is 35.5. The SMILES string of the molecule is CCC[C@H](C(=O)NCC(N)=O)N1C(=O)[C@H](Cc2ccc(C)cc2)O[C@@H](c2ccc(Cl)cc2)[C@H]1c1ccc(Cl)cc1. The molecule has 210 valence electrons. The van der Waals surface area contributed by atoms with Gasteiger partial charge in [-0.1, -0.05) is 90.6 Å². The number of nitrogens with one attached hydrogen (secondary N) is 1. The molecule has 1 fully saturated rings. The van der Waals surface area contributed by atoms with E-state index in [1.165, 1.54) is 0 Å². The third-order valence-electron chi connectivity index (χ3n) is 7.02. The van der Waals surface area contributed by atoms with Gasteiger partial charge in [-0.15, -0.1) is 0 Å². The maximum absolute atomic E-state index is 14.3. The van der Waals surface area contributed by atoms with E-state index >= 15 is 0 Å². The van der Waals surface area contributed by atoms with Gasteiger partial charge in [-0.05, 0) is 54.3 Å². The highest BCUT2D eigenvalue weighted by molar-refractivity contribution is 6.30. The van der Waals surface area contributed by atoms with Crippen LogP contribution in [-0.2, 0) is 25.5 Å². The average Bonchev–Trinajstić information content (AvgIpc) is 2.93. The number of ether oxygens (including phenoxy) is 1. The number of hydrogen-bond acceptors (Lipinski definition) is 4. The lowest BCUT2D eigenvalue weighted by Gasteiger charge is -2.47. The van der Waals surface area contributed by atoms with Gasteiger partial charge >= 0.3 is 0 Å². The number of morpholine rings is 1. The maximum atomic E-state index is 14.3. The average molecular weight is 583 g/mol. The molecule has 3 aromatic rings. The number of benzene rings is 3. The number of hydrogen-bond donors (Lipinski definition) is 2. The molecule has 3 N–H and O–H groups in total. The standard InChI is InChI=1S/C31H33Cl2N3O4/c1-3-4-25(30(38)35-18-27(34)37)36-28(21-9-13-23(32)14-10-21)29(22-11-15-24(33)16-12-22)40-26(31(36)39)17-20-7-5-19(2)6-8-20/h5-16,25-26,28-29H,3-4,17-18H2,1-2H3,(H2,34,37)(H,35,38)/t25-,26+,28-,29+/m1/s1. The zero-order valence-electron chi connectivity index (χ0n) is 22.5. The Hall–Kier alpha value is -3.39. The minimum atomic E-state index is -0.864. The van der Waals surface area contributed by atoms with Crippen molar-refractivity contribution in [3.8, 4) is 0 Å². The summed E-state index contributed by atoms with van der Waals surface area (Å²) in [5.74, 6) is -1.42. The van der Waals surface area contributed by atoms with E-state index in [0.29, 0.717) is 29.3 Å². The Bertz CT molecular complexity index is 1330. The number of carbonyl (C=O) groups is 3. The number of rotatable bonds is 10. The molecule has 1 aliphatic heterocycles. The first-order chi connectivity index (χ1) is 19.2. The summed E-state index contributed by atoms with van der Waals surface area (Å²) >= 11 is 12.4. The molecule has 3 aromatic carbocycles. The summed E-state index contributed by atoms with van der Waals surface area (Å²) in [6.45, 7) is 3.62. The molecule has 9 heteroatoms. The van der Waals surface area contributed by atoms with E-state index in [1.54, 1.807) is 29.2 Å². The fourth-order valence-corrected chi connectivity index (χ4v) is 5.30. The van der Waals surface area contributed by atoms with Gasteiger partial charge in [0.05, 0.1) is 12.6 Å². The molecular formula is C31H33Cl2N3O4. The van der Waals surface area contributed by atoms with Crippen molar-refractivity contribution >= 4 is 40.9 Å². The summed E-state index contributed by atoms with van der Waals surface area (Å²) in [6.07, 6.45) is -0.133. The second-order valence-electron chi connectivity index (χ2n) is 10.0. The monoisotopic (exact) mass is 581 g/mol. The van der Waals surface area contributed by atoms with Crippen LogP contribution in [0.1, 0.15) is 54.2 Å². The van der Waals surface area contributed by atoms with Crippen molar-refractivity contribution in [3.05, 3.63) is 105 Å². The van der Waals surface area contributed by atoms with E-state index in [2.05, 4.69) is 5.32 Å². The lowest BCUT2D eigenvalue weighted by Crippen LogP contribution is -2.59. The Morgan fingerprint density at radius 2 is 1.52 bits per heavy atom. The molecule has 1 saturated heterocycles. The summed E-state index contributed by atoms with van der Waals surface area (Å²) in [5, 5.41) is 3.73. The van der Waals surface area contributed by atoms with Crippen LogP contribution in [-0.4, -0.2) is 41.3 Å². The third kappa shape index (κ3) is 7.02. The van der Waals surface area contributed by atoms with E-state index in [0.717, 1.165) is 22.3 Å². The van der Waals surface area contributed by atoms with Crippen molar-refractivity contribution in [3.63, 3.8) is 0 Å². The predicted octanol–water partition coefficient (Wildman–Crippen LogP) is 5.32. The van der Waals surface area contributed by atoms with Gasteiger partial charge in [0.2, 0.25) is 11.8 Å². The van der Waals surface area contributed by atoms with Crippen LogP contribution in [0.2, 0.25) is 10.0 Å². The quantitative estimate of drug-likeness (QED) is 0.338. The van der Waals surface area contributed by atoms with Crippen molar-refractivity contribution in [1.29, 1.82) is 0 Å². The van der Waals surface area contributed by atoms with E-state index in [9.17, 15) is 14.4 Å². The Kier molecular flexibility index (Phi) is 9.85. The number of carbonyl (C=O) groups excluding carboxylic acids is 3. The lowest BCUT2D eigenvalue weighted by atomic mass is 9.88. The first kappa shape index (κ1) is 29.6. The van der Waals surface area contributed by atoms with Crippen LogP contribution in [0.15, 0.2) is 72.8 Å². The first-order valence-electron chi connectivity index (χ1n) is 13.3. The summed E-state index contributed by atoms with van der Waals surface area (Å²) in [4.78, 5) is 40.9. The van der Waals surface area contributed by atoms with Crippen LogP contribution in [0.3, 0.4) is 0 Å². The Labute approximate surface area is 244 Å². The van der Waals surface area contributed by atoms with Gasteiger partial charge in [0.15, 0.2) is 0 Å². The van der Waals surface area contributed by atoms with Crippen LogP contribution in [0.4, 0.5) is 0 Å². The maximum Gasteiger partial charge on any atom is 0.253 e. The zero-order valence-corrected chi connectivity index (χ0v) is 24.0. The molecule has 4 atom stereocenters. The van der Waals surface area contributed by atoms with Crippen molar-refractivity contribution in [1.82, 2.24) is 10.2 Å². The summed E-state index contributed by atoms with van der Waals surface area (Å²) in [7, 11) is 0. The van der Waals surface area contributed by atoms with Gasteiger partial charge in [-0.3, -0.25) is 14.4 Å². The number of amides is 3. The topological polar surface area (TPSA) is 102 Å². The molecule has 40 heavy (non-hydrogen) atoms. The number of halogens is 2. The third-order valence-corrected chi connectivity index (χ3v) is 7.52. The molecule has 0 saturated carbocycles. The number of aryl methyl sites for hydroxylation is 1. The van der Waals surface area contributed by atoms with Crippen molar-refractivity contribution in [2.45, 2.75) is 57.4 Å². The molecular weight excluding hydrogens is 549 g/mol. The summed E-state index contributed by atoms with van der Waals surface area (Å²) in [5.41, 5.74) is 8.92. The van der Waals surface area contributed by atoms with Crippen LogP contribution in [0.5, 0.6) is 0 Å². The van der Waals surface area contributed by atoms with Gasteiger partial charge in [-0.25, -0.2) is 0 Å². The van der Waals surface area contributed by atoms with Crippen LogP contribution < -0.4 is 11.1 Å². The molecule has 4 rings (SSSR count). The van der Waals surface area contributed by atoms with E-state index in [1.807, 2.05) is 62.4 Å². The van der Waals surface area contributed by atoms with Gasteiger partial charge < -0.3 is 20.7 Å². The van der Waals surface area contributed by atoms with Crippen LogP contribution >= 0.6 is 23.2 Å². The van der Waals surface area contributed by atoms with Gasteiger partial charge in [0, 0.05) is 16.5 Å². The molecule has 0 aromatic heterocycles. The molecule has 0 aliphatic carbocycles. The summed E-state index contributed by atoms with van der Waals surface area (Å²) < 4.78 is 6.62. The molecule has 0 unspecified atom stereocenters. The van der Waals surface area contributed by atoms with Gasteiger partial charge in [0.1, 0.15) is 18.2 Å². The van der Waals surface area contributed by atoms with Crippen LogP contribution in [0, 0.1) is 6.92 Å².